The van der Waals surface area contributed by atoms with Crippen LogP contribution in [-0.2, 0) is 20.0 Å². The van der Waals surface area contributed by atoms with Crippen molar-refractivity contribution in [2.24, 2.45) is 5.92 Å². The summed E-state index contributed by atoms with van der Waals surface area (Å²) in [5.74, 6) is 0.285. The zero-order valence-electron chi connectivity index (χ0n) is 13.6. The van der Waals surface area contributed by atoms with Gasteiger partial charge in [-0.25, -0.2) is 21.6 Å². The normalized spacial score (nSPS) is 22.8. The van der Waals surface area contributed by atoms with Crippen LogP contribution in [0.2, 0.25) is 0 Å². The maximum Gasteiger partial charge on any atom is 0.243 e. The van der Waals surface area contributed by atoms with Crippen LogP contribution in [0.3, 0.4) is 0 Å². The maximum absolute atomic E-state index is 12.8. The maximum atomic E-state index is 12.8. The summed E-state index contributed by atoms with van der Waals surface area (Å²) in [4.78, 5) is 0.0349. The van der Waals surface area contributed by atoms with Crippen LogP contribution in [-0.4, -0.2) is 53.9 Å². The Bertz CT molecular complexity index is 804. The van der Waals surface area contributed by atoms with Gasteiger partial charge in [0.2, 0.25) is 20.0 Å². The number of rotatable bonds is 7. The standard InChI is InChI=1S/C15H23N3O4S2/c1-16-10-12-7-8-18(11-12)24(21,22)15-4-2-3-14(9-15)23(19,20)17-13-5-6-13/h2-4,9,12-13,16-17H,5-8,10-11H2,1H3. The SMILES string of the molecule is CNCC1CCN(S(=O)(=O)c2cccc(S(=O)(=O)NC3CC3)c2)C1. The van der Waals surface area contributed by atoms with Crippen LogP contribution >= 0.6 is 0 Å². The molecular formula is C15H23N3O4S2. The molecule has 0 radical (unpaired) electrons. The molecule has 1 heterocycles. The number of hydrogen-bond donors (Lipinski definition) is 2. The molecular weight excluding hydrogens is 350 g/mol. The van der Waals surface area contributed by atoms with Gasteiger partial charge in [0.25, 0.3) is 0 Å². The molecule has 1 aliphatic heterocycles. The van der Waals surface area contributed by atoms with E-state index >= 15 is 0 Å². The predicted octanol–water partition coefficient (Wildman–Crippen LogP) is 0.357. The lowest BCUT2D eigenvalue weighted by atomic mass is 10.1. The number of sulfonamides is 2. The van der Waals surface area contributed by atoms with E-state index < -0.39 is 20.0 Å². The Morgan fingerprint density at radius 2 is 1.83 bits per heavy atom. The molecule has 9 heteroatoms. The third-order valence-corrected chi connectivity index (χ3v) is 7.77. The van der Waals surface area contributed by atoms with Crippen LogP contribution < -0.4 is 10.0 Å². The van der Waals surface area contributed by atoms with Crippen LogP contribution in [0, 0.1) is 5.92 Å². The average molecular weight is 374 g/mol. The van der Waals surface area contributed by atoms with Gasteiger partial charge < -0.3 is 5.32 Å². The van der Waals surface area contributed by atoms with Gasteiger partial charge in [0.05, 0.1) is 9.79 Å². The number of nitrogens with one attached hydrogen (secondary N) is 2. The lowest BCUT2D eigenvalue weighted by Crippen LogP contribution is -2.31. The van der Waals surface area contributed by atoms with Gasteiger partial charge in [-0.1, -0.05) is 6.07 Å². The molecule has 1 unspecified atom stereocenters. The molecule has 0 amide bonds. The van der Waals surface area contributed by atoms with E-state index in [0.717, 1.165) is 25.8 Å². The highest BCUT2D eigenvalue weighted by atomic mass is 32.2. The van der Waals surface area contributed by atoms with E-state index in [9.17, 15) is 16.8 Å². The first kappa shape index (κ1) is 17.8. The monoisotopic (exact) mass is 373 g/mol. The Kier molecular flexibility index (Phi) is 4.99. The van der Waals surface area contributed by atoms with Crippen molar-refractivity contribution >= 4 is 20.0 Å². The van der Waals surface area contributed by atoms with Crippen molar-refractivity contribution in [2.45, 2.75) is 35.1 Å². The summed E-state index contributed by atoms with van der Waals surface area (Å²) in [6.07, 6.45) is 2.47. The lowest BCUT2D eigenvalue weighted by molar-refractivity contribution is 0.451. The average Bonchev–Trinajstić information content (AvgIpc) is 3.21. The molecule has 1 atom stereocenters. The molecule has 1 saturated carbocycles. The van der Waals surface area contributed by atoms with Gasteiger partial charge in [-0.3, -0.25) is 0 Å². The van der Waals surface area contributed by atoms with Crippen LogP contribution in [0.15, 0.2) is 34.1 Å². The second kappa shape index (κ2) is 6.72. The smallest absolute Gasteiger partial charge is 0.243 e. The minimum atomic E-state index is -3.67. The Morgan fingerprint density at radius 3 is 2.50 bits per heavy atom. The molecule has 1 aromatic carbocycles. The summed E-state index contributed by atoms with van der Waals surface area (Å²) in [6.45, 7) is 1.69. The first-order valence-electron chi connectivity index (χ1n) is 8.10. The van der Waals surface area contributed by atoms with Crippen molar-refractivity contribution in [1.82, 2.24) is 14.3 Å². The molecule has 2 N–H and O–H groups in total. The highest BCUT2D eigenvalue weighted by molar-refractivity contribution is 7.90. The fourth-order valence-electron chi connectivity index (χ4n) is 2.91. The summed E-state index contributed by atoms with van der Waals surface area (Å²) < 4.78 is 54.2. The molecule has 7 nitrogen and oxygen atoms in total. The highest BCUT2D eigenvalue weighted by Crippen LogP contribution is 2.27. The molecule has 1 saturated heterocycles. The fourth-order valence-corrected chi connectivity index (χ4v) is 5.91. The molecule has 2 aliphatic rings. The minimum Gasteiger partial charge on any atom is -0.319 e. The Hall–Kier alpha value is -1.00. The summed E-state index contributed by atoms with van der Waals surface area (Å²) in [6, 6.07) is 5.60. The Morgan fingerprint density at radius 1 is 1.12 bits per heavy atom. The largest absolute Gasteiger partial charge is 0.319 e. The van der Waals surface area contributed by atoms with Gasteiger partial charge in [0.1, 0.15) is 0 Å². The first-order chi connectivity index (χ1) is 11.3. The van der Waals surface area contributed by atoms with Gasteiger partial charge in [-0.15, -0.1) is 0 Å². The number of nitrogens with zero attached hydrogens (tertiary/aromatic N) is 1. The fraction of sp³-hybridized carbons (Fsp3) is 0.600. The summed E-state index contributed by atoms with van der Waals surface area (Å²) in [5, 5.41) is 3.07. The molecule has 0 spiro atoms. The number of benzene rings is 1. The zero-order chi connectivity index (χ0) is 17.4. The summed E-state index contributed by atoms with van der Waals surface area (Å²) in [7, 11) is -5.49. The first-order valence-corrected chi connectivity index (χ1v) is 11.0. The molecule has 2 fully saturated rings. The Balaban J connectivity index is 1.82. The molecule has 134 valence electrons. The minimum absolute atomic E-state index is 0.00134. The van der Waals surface area contributed by atoms with Gasteiger partial charge >= 0.3 is 0 Å². The van der Waals surface area contributed by atoms with E-state index in [1.165, 1.54) is 28.6 Å². The van der Waals surface area contributed by atoms with Crippen molar-refractivity contribution in [3.8, 4) is 0 Å². The second-order valence-corrected chi connectivity index (χ2v) is 10.1. The zero-order valence-corrected chi connectivity index (χ0v) is 15.2. The van der Waals surface area contributed by atoms with Crippen LogP contribution in [0.1, 0.15) is 19.3 Å². The second-order valence-electron chi connectivity index (χ2n) is 6.45. The van der Waals surface area contributed by atoms with Crippen LogP contribution in [0.5, 0.6) is 0 Å². The van der Waals surface area contributed by atoms with Gasteiger partial charge in [0.15, 0.2) is 0 Å². The van der Waals surface area contributed by atoms with Crippen molar-refractivity contribution in [3.05, 3.63) is 24.3 Å². The van der Waals surface area contributed by atoms with Crippen molar-refractivity contribution in [3.63, 3.8) is 0 Å². The van der Waals surface area contributed by atoms with E-state index in [2.05, 4.69) is 10.0 Å². The van der Waals surface area contributed by atoms with Crippen molar-refractivity contribution in [1.29, 1.82) is 0 Å². The third kappa shape index (κ3) is 3.80. The molecule has 1 aromatic rings. The van der Waals surface area contributed by atoms with Gasteiger partial charge in [-0.05, 0) is 57.0 Å². The molecule has 3 rings (SSSR count). The van der Waals surface area contributed by atoms with E-state index in [1.54, 1.807) is 0 Å². The quantitative estimate of drug-likeness (QED) is 0.719. The van der Waals surface area contributed by atoms with E-state index in [-0.39, 0.29) is 21.8 Å². The lowest BCUT2D eigenvalue weighted by Gasteiger charge is -2.17. The van der Waals surface area contributed by atoms with E-state index in [1.807, 2.05) is 7.05 Å². The van der Waals surface area contributed by atoms with E-state index in [0.29, 0.717) is 13.1 Å². The van der Waals surface area contributed by atoms with E-state index in [4.69, 9.17) is 0 Å². The van der Waals surface area contributed by atoms with Crippen LogP contribution in [0.4, 0.5) is 0 Å². The van der Waals surface area contributed by atoms with Crippen molar-refractivity contribution < 1.29 is 16.8 Å². The third-order valence-electron chi connectivity index (χ3n) is 4.39. The van der Waals surface area contributed by atoms with Crippen LogP contribution in [0.25, 0.3) is 0 Å². The summed E-state index contributed by atoms with van der Waals surface area (Å²) >= 11 is 0. The van der Waals surface area contributed by atoms with Gasteiger partial charge in [0, 0.05) is 19.1 Å². The summed E-state index contributed by atoms with van der Waals surface area (Å²) in [5.41, 5.74) is 0. The van der Waals surface area contributed by atoms with Crippen molar-refractivity contribution in [2.75, 3.05) is 26.7 Å². The van der Waals surface area contributed by atoms with Gasteiger partial charge in [-0.2, -0.15) is 4.31 Å². The number of hydrogen-bond acceptors (Lipinski definition) is 5. The Labute approximate surface area is 143 Å². The molecule has 0 aromatic heterocycles. The molecule has 24 heavy (non-hydrogen) atoms. The highest BCUT2D eigenvalue weighted by Gasteiger charge is 2.33. The molecule has 0 bridgehead atoms. The molecule has 1 aliphatic carbocycles. The topological polar surface area (TPSA) is 95.6 Å². The predicted molar refractivity (Wildman–Crippen MR) is 90.6 cm³/mol.